The zero-order valence-electron chi connectivity index (χ0n) is 7.53. The molecular formula is C9H14N2O2. The van der Waals surface area contributed by atoms with Gasteiger partial charge in [0.1, 0.15) is 0 Å². The van der Waals surface area contributed by atoms with Crippen molar-refractivity contribution < 1.29 is 9.26 Å². The van der Waals surface area contributed by atoms with Crippen LogP contribution in [0.2, 0.25) is 0 Å². The first-order chi connectivity index (χ1) is 6.40. The first-order valence-corrected chi connectivity index (χ1v) is 4.63. The molecule has 1 aromatic rings. The highest BCUT2D eigenvalue weighted by atomic mass is 16.5. The van der Waals surface area contributed by atoms with Crippen LogP contribution in [0.25, 0.3) is 0 Å². The molecule has 0 amide bonds. The van der Waals surface area contributed by atoms with E-state index in [4.69, 9.17) is 15.0 Å². The van der Waals surface area contributed by atoms with E-state index >= 15 is 0 Å². The van der Waals surface area contributed by atoms with E-state index in [1.165, 1.54) is 0 Å². The third-order valence-corrected chi connectivity index (χ3v) is 2.42. The number of ether oxygens (including phenoxy) is 1. The number of aromatic nitrogens is 1. The van der Waals surface area contributed by atoms with Gasteiger partial charge in [-0.3, -0.25) is 0 Å². The van der Waals surface area contributed by atoms with E-state index in [0.29, 0.717) is 12.5 Å². The fraction of sp³-hybridized carbons (Fsp3) is 0.667. The topological polar surface area (TPSA) is 61.3 Å². The van der Waals surface area contributed by atoms with Crippen molar-refractivity contribution in [2.75, 3.05) is 13.2 Å². The highest BCUT2D eigenvalue weighted by Gasteiger charge is 2.19. The highest BCUT2D eigenvalue weighted by Crippen LogP contribution is 2.26. The third-order valence-electron chi connectivity index (χ3n) is 2.42. The van der Waals surface area contributed by atoms with Gasteiger partial charge in [-0.25, -0.2) is 0 Å². The van der Waals surface area contributed by atoms with E-state index < -0.39 is 0 Å². The maximum absolute atomic E-state index is 5.43. The quantitative estimate of drug-likeness (QED) is 0.742. The van der Waals surface area contributed by atoms with Gasteiger partial charge in [-0.05, 0) is 12.8 Å². The zero-order valence-corrected chi connectivity index (χ0v) is 7.53. The van der Waals surface area contributed by atoms with Gasteiger partial charge < -0.3 is 15.0 Å². The first kappa shape index (κ1) is 8.72. The number of nitrogens with zero attached hydrogens (tertiary/aromatic N) is 1. The molecule has 1 aliphatic rings. The Hall–Kier alpha value is -0.870. The van der Waals surface area contributed by atoms with Gasteiger partial charge in [0, 0.05) is 25.2 Å². The van der Waals surface area contributed by atoms with Crippen LogP contribution in [0.4, 0.5) is 0 Å². The minimum Gasteiger partial charge on any atom is -0.381 e. The van der Waals surface area contributed by atoms with Crippen molar-refractivity contribution in [2.45, 2.75) is 25.3 Å². The Balaban J connectivity index is 2.05. The van der Waals surface area contributed by atoms with Crippen molar-refractivity contribution in [3.63, 3.8) is 0 Å². The summed E-state index contributed by atoms with van der Waals surface area (Å²) in [6.45, 7) is 2.08. The van der Waals surface area contributed by atoms with Crippen LogP contribution in [0.15, 0.2) is 10.6 Å². The minimum absolute atomic E-state index is 0.427. The fourth-order valence-electron chi connectivity index (χ4n) is 1.61. The summed E-state index contributed by atoms with van der Waals surface area (Å²) in [4.78, 5) is 0. The predicted molar refractivity (Wildman–Crippen MR) is 47.2 cm³/mol. The summed E-state index contributed by atoms with van der Waals surface area (Å²) >= 11 is 0. The number of hydrogen-bond donors (Lipinski definition) is 1. The molecule has 0 unspecified atom stereocenters. The van der Waals surface area contributed by atoms with E-state index in [1.54, 1.807) is 0 Å². The average Bonchev–Trinajstić information content (AvgIpc) is 2.67. The molecule has 13 heavy (non-hydrogen) atoms. The van der Waals surface area contributed by atoms with E-state index in [2.05, 4.69) is 5.16 Å². The number of rotatable bonds is 2. The Bertz CT molecular complexity index is 266. The van der Waals surface area contributed by atoms with Crippen LogP contribution in [-0.2, 0) is 11.3 Å². The van der Waals surface area contributed by atoms with Gasteiger partial charge in [-0.2, -0.15) is 0 Å². The summed E-state index contributed by atoms with van der Waals surface area (Å²) in [6.07, 6.45) is 2.08. The van der Waals surface area contributed by atoms with Crippen LogP contribution in [0.1, 0.15) is 30.2 Å². The maximum Gasteiger partial charge on any atom is 0.150 e. The lowest BCUT2D eigenvalue weighted by molar-refractivity contribution is 0.0838. The molecule has 2 heterocycles. The van der Waals surface area contributed by atoms with Gasteiger partial charge in [-0.15, -0.1) is 0 Å². The third kappa shape index (κ3) is 1.89. The molecule has 0 atom stereocenters. The standard InChI is InChI=1S/C9H14N2O2/c10-6-8-5-9(11-13-8)7-1-3-12-4-2-7/h5,7H,1-4,6,10H2. The Kier molecular flexibility index (Phi) is 2.61. The van der Waals surface area contributed by atoms with Gasteiger partial charge >= 0.3 is 0 Å². The molecular weight excluding hydrogens is 168 g/mol. The molecule has 72 valence electrons. The first-order valence-electron chi connectivity index (χ1n) is 4.63. The second kappa shape index (κ2) is 3.89. The summed E-state index contributed by atoms with van der Waals surface area (Å²) in [5.41, 5.74) is 6.47. The van der Waals surface area contributed by atoms with Crippen molar-refractivity contribution >= 4 is 0 Å². The summed E-state index contributed by atoms with van der Waals surface area (Å²) in [7, 11) is 0. The molecule has 0 aromatic carbocycles. The lowest BCUT2D eigenvalue weighted by Crippen LogP contribution is -2.14. The Morgan fingerprint density at radius 3 is 2.85 bits per heavy atom. The minimum atomic E-state index is 0.427. The predicted octanol–water partition coefficient (Wildman–Crippen LogP) is 1.03. The van der Waals surface area contributed by atoms with Gasteiger partial charge in [0.25, 0.3) is 0 Å². The number of nitrogens with two attached hydrogens (primary N) is 1. The maximum atomic E-state index is 5.43. The summed E-state index contributed by atoms with van der Waals surface area (Å²) < 4.78 is 10.3. The fourth-order valence-corrected chi connectivity index (χ4v) is 1.61. The molecule has 0 aliphatic carbocycles. The summed E-state index contributed by atoms with van der Waals surface area (Å²) in [6, 6.07) is 1.95. The molecule has 4 heteroatoms. The molecule has 2 N–H and O–H groups in total. The van der Waals surface area contributed by atoms with Crippen LogP contribution in [0.5, 0.6) is 0 Å². The monoisotopic (exact) mass is 182 g/mol. The smallest absolute Gasteiger partial charge is 0.150 e. The summed E-state index contributed by atoms with van der Waals surface area (Å²) in [5, 5.41) is 4.00. The zero-order chi connectivity index (χ0) is 9.10. The number of hydrogen-bond acceptors (Lipinski definition) is 4. The van der Waals surface area contributed by atoms with Gasteiger partial charge in [0.15, 0.2) is 5.76 Å². The molecule has 0 radical (unpaired) electrons. The van der Waals surface area contributed by atoms with Crippen molar-refractivity contribution in [1.82, 2.24) is 5.16 Å². The molecule has 2 rings (SSSR count). The lowest BCUT2D eigenvalue weighted by atomic mass is 9.96. The molecule has 1 aliphatic heterocycles. The Morgan fingerprint density at radius 2 is 2.23 bits per heavy atom. The van der Waals surface area contributed by atoms with Crippen LogP contribution >= 0.6 is 0 Å². The van der Waals surface area contributed by atoms with Crippen LogP contribution in [0.3, 0.4) is 0 Å². The second-order valence-electron chi connectivity index (χ2n) is 3.31. The lowest BCUT2D eigenvalue weighted by Gasteiger charge is -2.19. The van der Waals surface area contributed by atoms with E-state index in [0.717, 1.165) is 37.5 Å². The average molecular weight is 182 g/mol. The van der Waals surface area contributed by atoms with E-state index in [9.17, 15) is 0 Å². The van der Waals surface area contributed by atoms with Crippen molar-refractivity contribution in [1.29, 1.82) is 0 Å². The van der Waals surface area contributed by atoms with Crippen molar-refractivity contribution in [3.8, 4) is 0 Å². The van der Waals surface area contributed by atoms with Crippen LogP contribution in [0, 0.1) is 0 Å². The Labute approximate surface area is 77.0 Å². The summed E-state index contributed by atoms with van der Waals surface area (Å²) in [5.74, 6) is 1.26. The molecule has 1 aromatic heterocycles. The molecule has 0 spiro atoms. The molecule has 1 saturated heterocycles. The Morgan fingerprint density at radius 1 is 1.46 bits per heavy atom. The van der Waals surface area contributed by atoms with Crippen LogP contribution in [-0.4, -0.2) is 18.4 Å². The van der Waals surface area contributed by atoms with Crippen molar-refractivity contribution in [2.24, 2.45) is 5.73 Å². The van der Waals surface area contributed by atoms with E-state index in [1.807, 2.05) is 6.07 Å². The highest BCUT2D eigenvalue weighted by molar-refractivity contribution is 5.10. The van der Waals surface area contributed by atoms with Gasteiger partial charge in [-0.1, -0.05) is 5.16 Å². The molecule has 0 saturated carbocycles. The van der Waals surface area contributed by atoms with Gasteiger partial charge in [0.05, 0.1) is 12.2 Å². The molecule has 1 fully saturated rings. The van der Waals surface area contributed by atoms with E-state index in [-0.39, 0.29) is 0 Å². The molecule has 0 bridgehead atoms. The van der Waals surface area contributed by atoms with Gasteiger partial charge in [0.2, 0.25) is 0 Å². The van der Waals surface area contributed by atoms with Crippen molar-refractivity contribution in [3.05, 3.63) is 17.5 Å². The SMILES string of the molecule is NCc1cc(C2CCOCC2)no1. The largest absolute Gasteiger partial charge is 0.381 e. The molecule has 4 nitrogen and oxygen atoms in total. The normalized spacial score (nSPS) is 19.2. The second-order valence-corrected chi connectivity index (χ2v) is 3.31. The van der Waals surface area contributed by atoms with Crippen LogP contribution < -0.4 is 5.73 Å².